The van der Waals surface area contributed by atoms with Crippen molar-refractivity contribution in [2.75, 3.05) is 25.9 Å². The van der Waals surface area contributed by atoms with Gasteiger partial charge >= 0.3 is 0 Å². The van der Waals surface area contributed by atoms with E-state index in [1.54, 1.807) is 11.8 Å². The van der Waals surface area contributed by atoms with Crippen LogP contribution < -0.4 is 0 Å². The maximum atomic E-state index is 12.6. The standard InChI is InChI=1S/C16H26N2O2S/c1-5-13-10-17(8-9-18(13)12(2)3)16(19)15-7-6-14(20-15)11-21-4/h6-7,12-13H,5,8-11H2,1-4H3. The van der Waals surface area contributed by atoms with Gasteiger partial charge in [0.1, 0.15) is 5.76 Å². The first-order chi connectivity index (χ1) is 10.1. The van der Waals surface area contributed by atoms with Gasteiger partial charge in [0.25, 0.3) is 5.91 Å². The largest absolute Gasteiger partial charge is 0.455 e. The fraction of sp³-hybridized carbons (Fsp3) is 0.688. The highest BCUT2D eigenvalue weighted by molar-refractivity contribution is 7.97. The normalized spacial score (nSPS) is 20.2. The molecule has 1 aromatic heterocycles. The van der Waals surface area contributed by atoms with Crippen molar-refractivity contribution < 1.29 is 9.21 Å². The van der Waals surface area contributed by atoms with E-state index in [-0.39, 0.29) is 5.91 Å². The SMILES string of the molecule is CCC1CN(C(=O)c2ccc(CSC)o2)CCN1C(C)C. The van der Waals surface area contributed by atoms with Crippen LogP contribution in [0.3, 0.4) is 0 Å². The summed E-state index contributed by atoms with van der Waals surface area (Å²) < 4.78 is 5.66. The van der Waals surface area contributed by atoms with E-state index in [4.69, 9.17) is 4.42 Å². The van der Waals surface area contributed by atoms with Crippen LogP contribution in [-0.2, 0) is 5.75 Å². The molecule has 0 aromatic carbocycles. The zero-order valence-corrected chi connectivity index (χ0v) is 14.3. The minimum Gasteiger partial charge on any atom is -0.455 e. The second-order valence-electron chi connectivity index (χ2n) is 5.84. The first kappa shape index (κ1) is 16.4. The fourth-order valence-corrected chi connectivity index (χ4v) is 3.41. The van der Waals surface area contributed by atoms with Gasteiger partial charge in [-0.15, -0.1) is 0 Å². The van der Waals surface area contributed by atoms with Gasteiger partial charge < -0.3 is 9.32 Å². The number of carbonyl (C=O) groups is 1. The molecule has 4 nitrogen and oxygen atoms in total. The van der Waals surface area contributed by atoms with E-state index < -0.39 is 0 Å². The summed E-state index contributed by atoms with van der Waals surface area (Å²) in [6, 6.07) is 4.70. The summed E-state index contributed by atoms with van der Waals surface area (Å²) in [6.07, 6.45) is 3.10. The molecule has 1 aliphatic heterocycles. The van der Waals surface area contributed by atoms with E-state index in [0.717, 1.165) is 37.6 Å². The van der Waals surface area contributed by atoms with E-state index >= 15 is 0 Å². The Morgan fingerprint density at radius 1 is 1.43 bits per heavy atom. The Labute approximate surface area is 131 Å². The van der Waals surface area contributed by atoms with Gasteiger partial charge in [-0.25, -0.2) is 0 Å². The molecule has 21 heavy (non-hydrogen) atoms. The summed E-state index contributed by atoms with van der Waals surface area (Å²) in [7, 11) is 0. The van der Waals surface area contributed by atoms with Crippen LogP contribution in [0, 0.1) is 0 Å². The smallest absolute Gasteiger partial charge is 0.289 e. The molecule has 0 aliphatic carbocycles. The lowest BCUT2D eigenvalue weighted by Gasteiger charge is -2.43. The summed E-state index contributed by atoms with van der Waals surface area (Å²) >= 11 is 1.70. The Balaban J connectivity index is 2.03. The molecule has 1 unspecified atom stereocenters. The summed E-state index contributed by atoms with van der Waals surface area (Å²) in [5.74, 6) is 2.20. The van der Waals surface area contributed by atoms with Gasteiger partial charge in [-0.3, -0.25) is 9.69 Å². The molecule has 5 heteroatoms. The first-order valence-electron chi connectivity index (χ1n) is 7.69. The van der Waals surface area contributed by atoms with Crippen molar-refractivity contribution in [2.24, 2.45) is 0 Å². The third kappa shape index (κ3) is 3.83. The molecule has 1 atom stereocenters. The minimum atomic E-state index is 0.0317. The van der Waals surface area contributed by atoms with E-state index in [1.807, 2.05) is 23.3 Å². The van der Waals surface area contributed by atoms with Gasteiger partial charge in [-0.1, -0.05) is 6.92 Å². The Kier molecular flexibility index (Phi) is 5.76. The van der Waals surface area contributed by atoms with E-state index in [0.29, 0.717) is 17.8 Å². The number of carbonyl (C=O) groups excluding carboxylic acids is 1. The second kappa shape index (κ2) is 7.36. The van der Waals surface area contributed by atoms with Crippen LogP contribution in [-0.4, -0.2) is 53.7 Å². The van der Waals surface area contributed by atoms with Gasteiger partial charge in [0.05, 0.1) is 5.75 Å². The summed E-state index contributed by atoms with van der Waals surface area (Å²) in [5.41, 5.74) is 0. The van der Waals surface area contributed by atoms with Crippen LogP contribution in [0.15, 0.2) is 16.5 Å². The van der Waals surface area contributed by atoms with Crippen molar-refractivity contribution in [3.8, 4) is 0 Å². The molecule has 0 N–H and O–H groups in total. The predicted molar refractivity (Wildman–Crippen MR) is 87.8 cm³/mol. The van der Waals surface area contributed by atoms with Crippen LogP contribution in [0.1, 0.15) is 43.5 Å². The van der Waals surface area contributed by atoms with Crippen LogP contribution in [0.2, 0.25) is 0 Å². The van der Waals surface area contributed by atoms with Gasteiger partial charge in [-0.05, 0) is 38.7 Å². The molecule has 0 radical (unpaired) electrons. The number of amides is 1. The van der Waals surface area contributed by atoms with Crippen LogP contribution >= 0.6 is 11.8 Å². The topological polar surface area (TPSA) is 36.7 Å². The van der Waals surface area contributed by atoms with E-state index in [1.165, 1.54) is 0 Å². The molecule has 0 spiro atoms. The van der Waals surface area contributed by atoms with Gasteiger partial charge in [0, 0.05) is 31.7 Å². The van der Waals surface area contributed by atoms with Crippen molar-refractivity contribution in [3.63, 3.8) is 0 Å². The highest BCUT2D eigenvalue weighted by Crippen LogP contribution is 2.20. The second-order valence-corrected chi connectivity index (χ2v) is 6.71. The molecular weight excluding hydrogens is 284 g/mol. The number of hydrogen-bond acceptors (Lipinski definition) is 4. The van der Waals surface area contributed by atoms with Gasteiger partial charge in [0.15, 0.2) is 5.76 Å². The Bertz CT molecular complexity index is 473. The summed E-state index contributed by atoms with van der Waals surface area (Å²) in [4.78, 5) is 17.0. The zero-order valence-electron chi connectivity index (χ0n) is 13.5. The lowest BCUT2D eigenvalue weighted by Crippen LogP contribution is -2.56. The van der Waals surface area contributed by atoms with Gasteiger partial charge in [-0.2, -0.15) is 11.8 Å². The molecular formula is C16H26N2O2S. The number of nitrogens with zero attached hydrogens (tertiary/aromatic N) is 2. The van der Waals surface area contributed by atoms with Crippen molar-refractivity contribution >= 4 is 17.7 Å². The van der Waals surface area contributed by atoms with E-state index in [9.17, 15) is 4.79 Å². The summed E-state index contributed by atoms with van der Waals surface area (Å²) in [5, 5.41) is 0. The molecule has 1 aromatic rings. The Hall–Kier alpha value is -0.940. The summed E-state index contributed by atoms with van der Waals surface area (Å²) in [6.45, 7) is 9.17. The van der Waals surface area contributed by atoms with Gasteiger partial charge in [0.2, 0.25) is 0 Å². The quantitative estimate of drug-likeness (QED) is 0.837. The number of rotatable bonds is 5. The van der Waals surface area contributed by atoms with Crippen LogP contribution in [0.5, 0.6) is 0 Å². The molecule has 2 rings (SSSR count). The lowest BCUT2D eigenvalue weighted by atomic mass is 10.1. The molecule has 1 aliphatic rings. The lowest BCUT2D eigenvalue weighted by molar-refractivity contribution is 0.0348. The molecule has 1 amide bonds. The molecule has 0 saturated carbocycles. The van der Waals surface area contributed by atoms with Crippen molar-refractivity contribution in [3.05, 3.63) is 23.7 Å². The number of thioether (sulfide) groups is 1. The molecule has 0 bridgehead atoms. The molecule has 1 fully saturated rings. The highest BCUT2D eigenvalue weighted by atomic mass is 32.2. The molecule has 1 saturated heterocycles. The maximum Gasteiger partial charge on any atom is 0.289 e. The van der Waals surface area contributed by atoms with Crippen molar-refractivity contribution in [2.45, 2.75) is 45.0 Å². The fourth-order valence-electron chi connectivity index (χ4n) is 2.97. The minimum absolute atomic E-state index is 0.0317. The average Bonchev–Trinajstić information content (AvgIpc) is 2.94. The zero-order chi connectivity index (χ0) is 15.4. The number of piperazine rings is 1. The molecule has 2 heterocycles. The van der Waals surface area contributed by atoms with E-state index in [2.05, 4.69) is 25.7 Å². The third-order valence-electron chi connectivity index (χ3n) is 4.11. The number of hydrogen-bond donors (Lipinski definition) is 0. The predicted octanol–water partition coefficient (Wildman–Crippen LogP) is 3.09. The molecule has 118 valence electrons. The Morgan fingerprint density at radius 3 is 2.81 bits per heavy atom. The highest BCUT2D eigenvalue weighted by Gasteiger charge is 2.31. The third-order valence-corrected chi connectivity index (χ3v) is 4.68. The monoisotopic (exact) mass is 310 g/mol. The van der Waals surface area contributed by atoms with Crippen LogP contribution in [0.4, 0.5) is 0 Å². The van der Waals surface area contributed by atoms with Crippen LogP contribution in [0.25, 0.3) is 0 Å². The van der Waals surface area contributed by atoms with Crippen molar-refractivity contribution in [1.82, 2.24) is 9.80 Å². The van der Waals surface area contributed by atoms with Crippen molar-refractivity contribution in [1.29, 1.82) is 0 Å². The average molecular weight is 310 g/mol. The Morgan fingerprint density at radius 2 is 2.19 bits per heavy atom. The maximum absolute atomic E-state index is 12.6. The number of furan rings is 1. The first-order valence-corrected chi connectivity index (χ1v) is 9.08.